The number of pyridine rings is 1. The molecular weight excluding hydrogens is 302 g/mol. The first-order valence-corrected chi connectivity index (χ1v) is 7.88. The summed E-state index contributed by atoms with van der Waals surface area (Å²) in [6.45, 7) is 4.76. The number of hydrogen-bond acceptors (Lipinski definition) is 4. The minimum absolute atomic E-state index is 0.218. The third kappa shape index (κ3) is 2.85. The van der Waals surface area contributed by atoms with Gasteiger partial charge in [-0.15, -0.1) is 0 Å². The van der Waals surface area contributed by atoms with E-state index in [0.29, 0.717) is 12.3 Å². The summed E-state index contributed by atoms with van der Waals surface area (Å²) < 4.78 is 5.61. The molecule has 0 aliphatic heterocycles. The highest BCUT2D eigenvalue weighted by atomic mass is 16.4. The number of anilines is 1. The molecule has 0 spiro atoms. The lowest BCUT2D eigenvalue weighted by Crippen LogP contribution is -2.18. The molecule has 0 atom stereocenters. The molecule has 0 fully saturated rings. The van der Waals surface area contributed by atoms with Crippen LogP contribution >= 0.6 is 0 Å². The molecule has 1 amide bonds. The zero-order valence-electron chi connectivity index (χ0n) is 14.4. The van der Waals surface area contributed by atoms with Crippen molar-refractivity contribution in [1.29, 1.82) is 0 Å². The lowest BCUT2D eigenvalue weighted by atomic mass is 10.0. The molecule has 124 valence electrons. The van der Waals surface area contributed by atoms with Gasteiger partial charge >= 0.3 is 0 Å². The van der Waals surface area contributed by atoms with E-state index in [4.69, 9.17) is 4.42 Å². The molecule has 5 heteroatoms. The fourth-order valence-electron chi connectivity index (χ4n) is 2.81. The van der Waals surface area contributed by atoms with Crippen LogP contribution in [0.4, 0.5) is 5.69 Å². The van der Waals surface area contributed by atoms with E-state index >= 15 is 0 Å². The quantitative estimate of drug-likeness (QED) is 0.799. The molecule has 1 aromatic carbocycles. The van der Waals surface area contributed by atoms with Gasteiger partial charge in [-0.2, -0.15) is 0 Å². The summed E-state index contributed by atoms with van der Waals surface area (Å²) in [5.74, 6) is 0.848. The van der Waals surface area contributed by atoms with Crippen molar-refractivity contribution >= 4 is 22.5 Å². The minimum Gasteiger partial charge on any atom is -0.454 e. The fourth-order valence-corrected chi connectivity index (χ4v) is 2.81. The third-order valence-corrected chi connectivity index (χ3v) is 4.33. The molecule has 0 unspecified atom stereocenters. The van der Waals surface area contributed by atoms with Crippen molar-refractivity contribution < 1.29 is 9.21 Å². The molecule has 0 aliphatic carbocycles. The smallest absolute Gasteiger partial charge is 0.286 e. The Hall–Kier alpha value is -2.82. The minimum atomic E-state index is -0.218. The van der Waals surface area contributed by atoms with Gasteiger partial charge in [0.1, 0.15) is 5.76 Å². The number of fused-ring (bicyclic) bond motifs is 1. The van der Waals surface area contributed by atoms with Crippen molar-refractivity contribution in [1.82, 2.24) is 10.3 Å². The van der Waals surface area contributed by atoms with Crippen LogP contribution in [0.3, 0.4) is 0 Å². The van der Waals surface area contributed by atoms with E-state index in [1.807, 2.05) is 25.4 Å². The average Bonchev–Trinajstić information content (AvgIpc) is 3.05. The second-order valence-corrected chi connectivity index (χ2v) is 5.93. The highest BCUT2D eigenvalue weighted by Crippen LogP contribution is 2.29. The van der Waals surface area contributed by atoms with Crippen LogP contribution in [0.15, 0.2) is 40.9 Å². The van der Waals surface area contributed by atoms with E-state index in [1.165, 1.54) is 11.1 Å². The number of nitrogens with one attached hydrogen (secondary N) is 1. The molecule has 1 N–H and O–H groups in total. The van der Waals surface area contributed by atoms with E-state index in [9.17, 15) is 4.79 Å². The summed E-state index contributed by atoms with van der Waals surface area (Å²) in [7, 11) is 3.59. The average molecular weight is 323 g/mol. The van der Waals surface area contributed by atoms with Gasteiger partial charge in [-0.05, 0) is 43.2 Å². The maximum Gasteiger partial charge on any atom is 0.286 e. The molecular formula is C19H21N3O2. The Morgan fingerprint density at radius 1 is 1.21 bits per heavy atom. The van der Waals surface area contributed by atoms with Gasteiger partial charge in [-0.25, -0.2) is 0 Å². The lowest BCUT2D eigenvalue weighted by Gasteiger charge is -2.20. The highest BCUT2D eigenvalue weighted by molar-refractivity contribution is 5.94. The van der Waals surface area contributed by atoms with E-state index in [2.05, 4.69) is 41.2 Å². The number of carbonyl (C=O) groups is 1. The maximum absolute atomic E-state index is 11.6. The maximum atomic E-state index is 11.6. The summed E-state index contributed by atoms with van der Waals surface area (Å²) in [6, 6.07) is 9.75. The van der Waals surface area contributed by atoms with Crippen LogP contribution in [0, 0.1) is 13.8 Å². The Morgan fingerprint density at radius 3 is 2.75 bits per heavy atom. The fraction of sp³-hybridized carbons (Fsp3) is 0.263. The van der Waals surface area contributed by atoms with Crippen LogP contribution in [-0.4, -0.2) is 25.0 Å². The first kappa shape index (κ1) is 16.1. The van der Waals surface area contributed by atoms with E-state index in [1.54, 1.807) is 13.1 Å². The van der Waals surface area contributed by atoms with Crippen LogP contribution in [0.5, 0.6) is 0 Å². The summed E-state index contributed by atoms with van der Waals surface area (Å²) in [5.41, 5.74) is 4.53. The second-order valence-electron chi connectivity index (χ2n) is 5.93. The normalized spacial score (nSPS) is 10.8. The second kappa shape index (κ2) is 6.35. The molecule has 0 radical (unpaired) electrons. The molecule has 3 aromatic rings. The van der Waals surface area contributed by atoms with Gasteiger partial charge in [0, 0.05) is 31.4 Å². The van der Waals surface area contributed by atoms with Crippen molar-refractivity contribution in [2.75, 3.05) is 19.0 Å². The van der Waals surface area contributed by atoms with E-state index < -0.39 is 0 Å². The van der Waals surface area contributed by atoms with Crippen LogP contribution in [0.25, 0.3) is 10.9 Å². The summed E-state index contributed by atoms with van der Waals surface area (Å²) in [5, 5.41) is 3.67. The number of hydrogen-bond donors (Lipinski definition) is 1. The molecule has 0 aliphatic rings. The van der Waals surface area contributed by atoms with Crippen LogP contribution in [0.1, 0.15) is 27.4 Å². The topological polar surface area (TPSA) is 58.4 Å². The SMILES string of the molecule is CNC(=O)c1ccc(CN(C)c2ccnc3c(C)c(C)ccc23)o1. The zero-order chi connectivity index (χ0) is 17.3. The Kier molecular flexibility index (Phi) is 4.25. The summed E-state index contributed by atoms with van der Waals surface area (Å²) in [6.07, 6.45) is 1.83. The van der Waals surface area contributed by atoms with Gasteiger partial charge in [0.2, 0.25) is 0 Å². The Balaban J connectivity index is 1.92. The third-order valence-electron chi connectivity index (χ3n) is 4.33. The number of amides is 1. The largest absolute Gasteiger partial charge is 0.454 e. The Bertz CT molecular complexity index is 899. The number of furan rings is 1. The first-order chi connectivity index (χ1) is 11.5. The van der Waals surface area contributed by atoms with Gasteiger partial charge in [0.05, 0.1) is 12.1 Å². The van der Waals surface area contributed by atoms with Crippen molar-refractivity contribution in [3.05, 3.63) is 59.2 Å². The van der Waals surface area contributed by atoms with Gasteiger partial charge in [0.25, 0.3) is 5.91 Å². The van der Waals surface area contributed by atoms with Crippen LogP contribution in [-0.2, 0) is 6.54 Å². The molecule has 5 nitrogen and oxygen atoms in total. The first-order valence-electron chi connectivity index (χ1n) is 7.88. The molecule has 0 bridgehead atoms. The van der Waals surface area contributed by atoms with E-state index in [-0.39, 0.29) is 5.91 Å². The van der Waals surface area contributed by atoms with E-state index in [0.717, 1.165) is 22.4 Å². The molecule has 0 saturated heterocycles. The Labute approximate surface area is 141 Å². The number of nitrogens with zero attached hydrogens (tertiary/aromatic N) is 2. The summed E-state index contributed by atoms with van der Waals surface area (Å²) >= 11 is 0. The van der Waals surface area contributed by atoms with Crippen LogP contribution in [0.2, 0.25) is 0 Å². The van der Waals surface area contributed by atoms with Crippen molar-refractivity contribution in [3.8, 4) is 0 Å². The standard InChI is InChI=1S/C19H21N3O2/c1-12-5-7-15-16(9-10-21-18(15)13(12)2)22(4)11-14-6-8-17(24-14)19(23)20-3/h5-10H,11H2,1-4H3,(H,20,23). The number of aryl methyl sites for hydroxylation is 2. The lowest BCUT2D eigenvalue weighted by molar-refractivity contribution is 0.0934. The summed E-state index contributed by atoms with van der Waals surface area (Å²) in [4.78, 5) is 18.2. The molecule has 3 rings (SSSR count). The zero-order valence-corrected chi connectivity index (χ0v) is 14.4. The van der Waals surface area contributed by atoms with Crippen LogP contribution < -0.4 is 10.2 Å². The molecule has 24 heavy (non-hydrogen) atoms. The van der Waals surface area contributed by atoms with Crippen molar-refractivity contribution in [2.45, 2.75) is 20.4 Å². The number of rotatable bonds is 4. The molecule has 2 heterocycles. The molecule has 0 saturated carbocycles. The Morgan fingerprint density at radius 2 is 2.00 bits per heavy atom. The predicted octanol–water partition coefficient (Wildman–Crippen LogP) is 3.44. The van der Waals surface area contributed by atoms with Crippen molar-refractivity contribution in [3.63, 3.8) is 0 Å². The van der Waals surface area contributed by atoms with Crippen molar-refractivity contribution in [2.24, 2.45) is 0 Å². The highest BCUT2D eigenvalue weighted by Gasteiger charge is 2.13. The number of aromatic nitrogens is 1. The predicted molar refractivity (Wildman–Crippen MR) is 95.4 cm³/mol. The van der Waals surface area contributed by atoms with Gasteiger partial charge in [0.15, 0.2) is 5.76 Å². The monoisotopic (exact) mass is 323 g/mol. The number of benzene rings is 1. The number of carbonyl (C=O) groups excluding carboxylic acids is 1. The van der Waals surface area contributed by atoms with Gasteiger partial charge in [-0.3, -0.25) is 9.78 Å². The van der Waals surface area contributed by atoms with Gasteiger partial charge in [-0.1, -0.05) is 12.1 Å². The molecule has 2 aromatic heterocycles. The van der Waals surface area contributed by atoms with Gasteiger partial charge < -0.3 is 14.6 Å².